The molecule has 0 aliphatic carbocycles. The largest absolute Gasteiger partial charge is 0.368 e. The number of benzene rings is 2. The fourth-order valence-corrected chi connectivity index (χ4v) is 3.94. The zero-order valence-electron chi connectivity index (χ0n) is 15.5. The van der Waals surface area contributed by atoms with E-state index in [4.69, 9.17) is 0 Å². The quantitative estimate of drug-likeness (QED) is 0.493. The number of anilines is 2. The second-order valence-electron chi connectivity index (χ2n) is 6.51. The number of hydrogen-bond acceptors (Lipinski definition) is 5. The molecule has 0 unspecified atom stereocenters. The van der Waals surface area contributed by atoms with Crippen molar-refractivity contribution in [2.75, 3.05) is 17.2 Å². The smallest absolute Gasteiger partial charge is 0.255 e. The molecule has 6 heteroatoms. The maximum atomic E-state index is 12.2. The molecule has 2 aromatic carbocycles. The summed E-state index contributed by atoms with van der Waals surface area (Å²) in [6.07, 6.45) is 2.47. The van der Waals surface area contributed by atoms with Gasteiger partial charge in [-0.15, -0.1) is 11.3 Å². The molecule has 0 saturated carbocycles. The van der Waals surface area contributed by atoms with Crippen molar-refractivity contribution in [3.05, 3.63) is 83.0 Å². The zero-order chi connectivity index (χ0) is 19.3. The van der Waals surface area contributed by atoms with E-state index in [0.29, 0.717) is 5.56 Å². The van der Waals surface area contributed by atoms with Crippen molar-refractivity contribution in [3.63, 3.8) is 0 Å². The molecular weight excluding hydrogens is 368 g/mol. The molecule has 4 rings (SSSR count). The number of amides is 1. The summed E-state index contributed by atoms with van der Waals surface area (Å²) >= 11 is 1.66. The highest BCUT2D eigenvalue weighted by atomic mass is 32.1. The second-order valence-corrected chi connectivity index (χ2v) is 7.39. The summed E-state index contributed by atoms with van der Waals surface area (Å²) in [5.41, 5.74) is 4.82. The third-order valence-corrected chi connectivity index (χ3v) is 5.58. The molecule has 2 N–H and O–H groups in total. The average Bonchev–Trinajstić information content (AvgIpc) is 3.12. The molecule has 28 heavy (non-hydrogen) atoms. The Labute approximate surface area is 167 Å². The summed E-state index contributed by atoms with van der Waals surface area (Å²) in [4.78, 5) is 20.9. The molecule has 4 aromatic rings. The van der Waals surface area contributed by atoms with E-state index in [0.717, 1.165) is 34.7 Å². The van der Waals surface area contributed by atoms with Crippen molar-refractivity contribution in [1.29, 1.82) is 0 Å². The summed E-state index contributed by atoms with van der Waals surface area (Å²) in [7, 11) is 0. The summed E-state index contributed by atoms with van der Waals surface area (Å²) < 4.78 is 1.10. The van der Waals surface area contributed by atoms with Crippen LogP contribution in [0, 0.1) is 6.92 Å². The molecule has 2 heterocycles. The molecule has 0 radical (unpaired) electrons. The molecule has 140 valence electrons. The molecule has 0 spiro atoms. The van der Waals surface area contributed by atoms with Crippen molar-refractivity contribution in [3.8, 4) is 0 Å². The normalized spacial score (nSPS) is 10.8. The van der Waals surface area contributed by atoms with E-state index in [9.17, 15) is 4.79 Å². The van der Waals surface area contributed by atoms with E-state index in [1.165, 1.54) is 11.1 Å². The van der Waals surface area contributed by atoms with Crippen LogP contribution in [0.25, 0.3) is 10.2 Å². The maximum absolute atomic E-state index is 12.2. The molecule has 0 bridgehead atoms. The summed E-state index contributed by atoms with van der Waals surface area (Å²) in [6.45, 7) is 2.84. The van der Waals surface area contributed by atoms with Crippen LogP contribution in [0.15, 0.2) is 66.3 Å². The molecule has 1 amide bonds. The number of hydrogen-bond donors (Lipinski definition) is 2. The predicted octanol–water partition coefficient (Wildman–Crippen LogP) is 4.91. The fourth-order valence-electron chi connectivity index (χ4n) is 2.97. The number of nitrogens with zero attached hydrogens (tertiary/aromatic N) is 2. The number of fused-ring (bicyclic) bond motifs is 1. The van der Waals surface area contributed by atoms with Gasteiger partial charge in [0.05, 0.1) is 10.2 Å². The Bertz CT molecular complexity index is 1090. The van der Waals surface area contributed by atoms with E-state index in [1.807, 2.05) is 42.5 Å². The van der Waals surface area contributed by atoms with Gasteiger partial charge in [0.2, 0.25) is 0 Å². The first-order valence-corrected chi connectivity index (χ1v) is 9.97. The standard InChI is InChI=1S/C22H20N4OS/c1-15-13-28-20-19(15)24-14-25-21(20)23-12-11-16-7-9-18(10-8-16)26-22(27)17-5-3-2-4-6-17/h2-10,13-14H,11-12H2,1H3,(H,26,27)(H,23,24,25). The third kappa shape index (κ3) is 4.02. The molecule has 0 aliphatic heterocycles. The van der Waals surface area contributed by atoms with Crippen molar-refractivity contribution in [2.45, 2.75) is 13.3 Å². The summed E-state index contributed by atoms with van der Waals surface area (Å²) in [6, 6.07) is 17.1. The van der Waals surface area contributed by atoms with Gasteiger partial charge in [-0.3, -0.25) is 4.79 Å². The molecule has 5 nitrogen and oxygen atoms in total. The van der Waals surface area contributed by atoms with Crippen molar-refractivity contribution < 1.29 is 4.79 Å². The average molecular weight is 388 g/mol. The third-order valence-electron chi connectivity index (χ3n) is 4.48. The minimum Gasteiger partial charge on any atom is -0.368 e. The van der Waals surface area contributed by atoms with Gasteiger partial charge in [-0.2, -0.15) is 0 Å². The van der Waals surface area contributed by atoms with Crippen LogP contribution in [0.2, 0.25) is 0 Å². The summed E-state index contributed by atoms with van der Waals surface area (Å²) in [5, 5.41) is 8.43. The Morgan fingerprint density at radius 2 is 1.82 bits per heavy atom. The first-order chi connectivity index (χ1) is 13.7. The first kappa shape index (κ1) is 18.1. The van der Waals surface area contributed by atoms with E-state index in [2.05, 4.69) is 32.9 Å². The number of carbonyl (C=O) groups excluding carboxylic acids is 1. The number of carbonyl (C=O) groups is 1. The molecule has 0 aliphatic rings. The van der Waals surface area contributed by atoms with Crippen LogP contribution in [0.4, 0.5) is 11.5 Å². The van der Waals surface area contributed by atoms with Crippen molar-refractivity contribution >= 4 is 39.0 Å². The molecule has 0 fully saturated rings. The number of thiophene rings is 1. The number of rotatable bonds is 6. The lowest BCUT2D eigenvalue weighted by atomic mass is 10.1. The van der Waals surface area contributed by atoms with E-state index >= 15 is 0 Å². The van der Waals surface area contributed by atoms with Crippen LogP contribution in [0.1, 0.15) is 21.5 Å². The van der Waals surface area contributed by atoms with Gasteiger partial charge in [0.1, 0.15) is 12.1 Å². The number of aromatic nitrogens is 2. The van der Waals surface area contributed by atoms with Crippen LogP contribution in [0.3, 0.4) is 0 Å². The highest BCUT2D eigenvalue weighted by Gasteiger charge is 2.08. The fraction of sp³-hybridized carbons (Fsp3) is 0.136. The van der Waals surface area contributed by atoms with Gasteiger partial charge in [0, 0.05) is 17.8 Å². The van der Waals surface area contributed by atoms with E-state index < -0.39 is 0 Å². The molecular formula is C22H20N4OS. The first-order valence-electron chi connectivity index (χ1n) is 9.09. The van der Waals surface area contributed by atoms with Crippen LogP contribution in [0.5, 0.6) is 0 Å². The lowest BCUT2D eigenvalue weighted by molar-refractivity contribution is 0.102. The lowest BCUT2D eigenvalue weighted by Gasteiger charge is -2.08. The zero-order valence-corrected chi connectivity index (χ0v) is 16.3. The van der Waals surface area contributed by atoms with Crippen LogP contribution >= 0.6 is 11.3 Å². The van der Waals surface area contributed by atoms with Gasteiger partial charge < -0.3 is 10.6 Å². The van der Waals surface area contributed by atoms with E-state index in [1.54, 1.807) is 29.8 Å². The second kappa shape index (κ2) is 8.19. The van der Waals surface area contributed by atoms with Gasteiger partial charge >= 0.3 is 0 Å². The van der Waals surface area contributed by atoms with Gasteiger partial charge in [0.15, 0.2) is 0 Å². The minimum absolute atomic E-state index is 0.103. The van der Waals surface area contributed by atoms with Crippen molar-refractivity contribution in [1.82, 2.24) is 9.97 Å². The molecule has 2 aromatic heterocycles. The highest BCUT2D eigenvalue weighted by Crippen LogP contribution is 2.28. The SMILES string of the molecule is Cc1csc2c(NCCc3ccc(NC(=O)c4ccccc4)cc3)ncnc12. The maximum Gasteiger partial charge on any atom is 0.255 e. The lowest BCUT2D eigenvalue weighted by Crippen LogP contribution is -2.11. The minimum atomic E-state index is -0.103. The summed E-state index contributed by atoms with van der Waals surface area (Å²) in [5.74, 6) is 0.781. The van der Waals surface area contributed by atoms with Crippen LogP contribution < -0.4 is 10.6 Å². The van der Waals surface area contributed by atoms with Gasteiger partial charge in [-0.05, 0) is 54.1 Å². The Morgan fingerprint density at radius 1 is 1.04 bits per heavy atom. The Hall–Kier alpha value is -3.25. The van der Waals surface area contributed by atoms with Gasteiger partial charge in [-0.1, -0.05) is 30.3 Å². The molecule has 0 atom stereocenters. The Kier molecular flexibility index (Phi) is 5.30. The molecule has 0 saturated heterocycles. The van der Waals surface area contributed by atoms with Crippen molar-refractivity contribution in [2.24, 2.45) is 0 Å². The predicted molar refractivity (Wildman–Crippen MR) is 115 cm³/mol. The Morgan fingerprint density at radius 3 is 2.61 bits per heavy atom. The van der Waals surface area contributed by atoms with E-state index in [-0.39, 0.29) is 5.91 Å². The van der Waals surface area contributed by atoms with Gasteiger partial charge in [-0.25, -0.2) is 9.97 Å². The van der Waals surface area contributed by atoms with Gasteiger partial charge in [0.25, 0.3) is 5.91 Å². The number of nitrogens with one attached hydrogen (secondary N) is 2. The monoisotopic (exact) mass is 388 g/mol. The van der Waals surface area contributed by atoms with Crippen LogP contribution in [-0.2, 0) is 6.42 Å². The number of aryl methyl sites for hydroxylation is 1. The van der Waals surface area contributed by atoms with Crippen LogP contribution in [-0.4, -0.2) is 22.4 Å². The topological polar surface area (TPSA) is 66.9 Å². The highest BCUT2D eigenvalue weighted by molar-refractivity contribution is 7.18. The Balaban J connectivity index is 1.34.